The second-order valence-electron chi connectivity index (χ2n) is 10.1. The van der Waals surface area contributed by atoms with Crippen LogP contribution in [0.2, 0.25) is 0 Å². The largest absolute Gasteiger partial charge is 0.450 e. The van der Waals surface area contributed by atoms with Gasteiger partial charge in [-0.05, 0) is 26.2 Å². The van der Waals surface area contributed by atoms with E-state index in [-0.39, 0.29) is 24.3 Å². The number of ether oxygens (including phenoxy) is 2. The molecule has 4 fully saturated rings. The van der Waals surface area contributed by atoms with Crippen molar-refractivity contribution in [1.29, 1.82) is 0 Å². The summed E-state index contributed by atoms with van der Waals surface area (Å²) in [5, 5.41) is 0. The van der Waals surface area contributed by atoms with Gasteiger partial charge in [-0.3, -0.25) is 9.88 Å². The molecule has 1 spiro atoms. The molecule has 1 atom stereocenters. The van der Waals surface area contributed by atoms with E-state index in [0.717, 1.165) is 64.7 Å². The summed E-state index contributed by atoms with van der Waals surface area (Å²) in [7, 11) is 0. The predicted octanol–water partition coefficient (Wildman–Crippen LogP) is 3.33. The van der Waals surface area contributed by atoms with Crippen LogP contribution in [0, 0.1) is 11.2 Å². The molecule has 9 heteroatoms. The first-order chi connectivity index (χ1) is 15.9. The lowest BCUT2D eigenvalue weighted by Gasteiger charge is -2.48. The monoisotopic (exact) mass is 464 g/mol. The number of hydrogen-bond acceptors (Lipinski definition) is 6. The van der Waals surface area contributed by atoms with E-state index < -0.39 is 11.5 Å². The fraction of sp³-hybridized carbons (Fsp3) is 0.750. The number of pyridine rings is 1. The number of nitrogens with zero attached hydrogens (tertiary/aromatic N) is 4. The molecular weight excluding hydrogens is 430 g/mol. The number of likely N-dealkylation sites (tertiary alicyclic amines) is 1. The van der Waals surface area contributed by atoms with Crippen LogP contribution in [-0.4, -0.2) is 86.0 Å². The molecule has 0 bridgehead atoms. The van der Waals surface area contributed by atoms with Gasteiger partial charge in [0.1, 0.15) is 11.5 Å². The SMILES string of the molecule is CCOC(=O)N1CC2(CC[C@H](N3CCN(c4cc(F)cnc4C4(F)CCOCC4)CC3)C2)C1. The molecule has 7 nitrogen and oxygen atoms in total. The van der Waals surface area contributed by atoms with Gasteiger partial charge >= 0.3 is 6.09 Å². The lowest BCUT2D eigenvalue weighted by molar-refractivity contribution is -0.0136. The Kier molecular flexibility index (Phi) is 6.20. The van der Waals surface area contributed by atoms with Gasteiger partial charge in [-0.2, -0.15) is 0 Å². The van der Waals surface area contributed by atoms with Crippen LogP contribution in [0.5, 0.6) is 0 Å². The first kappa shape index (κ1) is 22.8. The van der Waals surface area contributed by atoms with Crippen molar-refractivity contribution in [2.24, 2.45) is 5.41 Å². The van der Waals surface area contributed by atoms with Gasteiger partial charge in [0.15, 0.2) is 5.67 Å². The molecule has 0 N–H and O–H groups in total. The molecule has 0 radical (unpaired) electrons. The van der Waals surface area contributed by atoms with Crippen LogP contribution in [0.3, 0.4) is 0 Å². The number of alkyl halides is 1. The molecule has 0 unspecified atom stereocenters. The Balaban J connectivity index is 1.20. The minimum atomic E-state index is -1.56. The smallest absolute Gasteiger partial charge is 0.409 e. The van der Waals surface area contributed by atoms with Crippen LogP contribution in [0.25, 0.3) is 0 Å². The molecular formula is C24H34F2N4O3. The minimum Gasteiger partial charge on any atom is -0.450 e. The standard InChI is InChI=1S/C24H34F2N4O3/c1-2-33-22(31)30-16-23(17-30)4-3-19(14-23)28-7-9-29(10-8-28)20-13-18(25)15-27-21(20)24(26)5-11-32-12-6-24/h13,15,19H,2-12,14,16-17H2,1H3/t19-/m0/s1. The van der Waals surface area contributed by atoms with E-state index in [1.165, 1.54) is 6.07 Å². The summed E-state index contributed by atoms with van der Waals surface area (Å²) in [5.41, 5.74) is -0.386. The Hall–Kier alpha value is -2.00. The zero-order valence-electron chi connectivity index (χ0n) is 19.4. The van der Waals surface area contributed by atoms with Crippen molar-refractivity contribution in [3.05, 3.63) is 23.8 Å². The summed E-state index contributed by atoms with van der Waals surface area (Å²) in [6.45, 7) is 7.73. The lowest BCUT2D eigenvalue weighted by atomic mass is 9.78. The molecule has 1 aromatic heterocycles. The topological polar surface area (TPSA) is 58.1 Å². The first-order valence-corrected chi connectivity index (χ1v) is 12.2. The Morgan fingerprint density at radius 3 is 2.64 bits per heavy atom. The summed E-state index contributed by atoms with van der Waals surface area (Å²) in [6.07, 6.45) is 4.81. The second-order valence-corrected chi connectivity index (χ2v) is 10.1. The lowest BCUT2D eigenvalue weighted by Crippen LogP contribution is -2.58. The molecule has 0 aromatic carbocycles. The molecule has 1 aromatic rings. The zero-order chi connectivity index (χ0) is 23.1. The number of amides is 1. The van der Waals surface area contributed by atoms with E-state index in [1.807, 2.05) is 11.8 Å². The molecule has 5 rings (SSSR count). The molecule has 3 aliphatic heterocycles. The maximum Gasteiger partial charge on any atom is 0.409 e. The normalized spacial score (nSPS) is 26.9. The van der Waals surface area contributed by atoms with Crippen LogP contribution in [0.15, 0.2) is 12.3 Å². The average Bonchev–Trinajstić information content (AvgIpc) is 3.25. The van der Waals surface area contributed by atoms with Gasteiger partial charge in [-0.1, -0.05) is 0 Å². The van der Waals surface area contributed by atoms with E-state index in [4.69, 9.17) is 9.47 Å². The van der Waals surface area contributed by atoms with Gasteiger partial charge < -0.3 is 19.3 Å². The first-order valence-electron chi connectivity index (χ1n) is 12.2. The number of rotatable bonds is 4. The maximum absolute atomic E-state index is 15.7. The molecule has 1 aliphatic carbocycles. The Morgan fingerprint density at radius 1 is 1.21 bits per heavy atom. The third-order valence-corrected chi connectivity index (χ3v) is 7.97. The van der Waals surface area contributed by atoms with E-state index in [1.54, 1.807) is 0 Å². The van der Waals surface area contributed by atoms with Gasteiger partial charge in [-0.25, -0.2) is 13.6 Å². The Bertz CT molecular complexity index is 865. The molecule has 182 valence electrons. The van der Waals surface area contributed by atoms with Crippen LogP contribution in [-0.2, 0) is 15.1 Å². The minimum absolute atomic E-state index is 0.199. The van der Waals surface area contributed by atoms with Gasteiger partial charge in [0, 0.05) is 69.6 Å². The number of piperazine rings is 1. The second kappa shape index (κ2) is 8.98. The number of carbonyl (C=O) groups excluding carboxylic acids is 1. The van der Waals surface area contributed by atoms with Crippen molar-refractivity contribution in [3.8, 4) is 0 Å². The molecule has 1 amide bonds. The van der Waals surface area contributed by atoms with Crippen molar-refractivity contribution < 1.29 is 23.0 Å². The fourth-order valence-electron chi connectivity index (χ4n) is 6.16. The Morgan fingerprint density at radius 2 is 1.94 bits per heavy atom. The maximum atomic E-state index is 15.7. The predicted molar refractivity (Wildman–Crippen MR) is 119 cm³/mol. The molecule has 1 saturated carbocycles. The average molecular weight is 465 g/mol. The van der Waals surface area contributed by atoms with E-state index >= 15 is 4.39 Å². The summed E-state index contributed by atoms with van der Waals surface area (Å²) >= 11 is 0. The van der Waals surface area contributed by atoms with Crippen molar-refractivity contribution in [2.45, 2.75) is 50.7 Å². The number of halogens is 2. The van der Waals surface area contributed by atoms with Gasteiger partial charge in [0.2, 0.25) is 0 Å². The summed E-state index contributed by atoms with van der Waals surface area (Å²) < 4.78 is 40.3. The van der Waals surface area contributed by atoms with Crippen LogP contribution in [0.1, 0.15) is 44.7 Å². The van der Waals surface area contributed by atoms with Crippen LogP contribution in [0.4, 0.5) is 19.3 Å². The summed E-state index contributed by atoms with van der Waals surface area (Å²) in [5.74, 6) is -0.430. The molecule has 3 saturated heterocycles. The Labute approximate surface area is 194 Å². The number of anilines is 1. The molecule has 4 heterocycles. The van der Waals surface area contributed by atoms with E-state index in [0.29, 0.717) is 37.2 Å². The van der Waals surface area contributed by atoms with Crippen molar-refractivity contribution >= 4 is 11.8 Å². The quantitative estimate of drug-likeness (QED) is 0.682. The van der Waals surface area contributed by atoms with Crippen molar-refractivity contribution in [1.82, 2.24) is 14.8 Å². The van der Waals surface area contributed by atoms with Gasteiger partial charge in [0.05, 0.1) is 31.7 Å². The number of carbonyl (C=O) groups is 1. The van der Waals surface area contributed by atoms with Crippen molar-refractivity contribution in [2.75, 3.05) is 64.0 Å². The van der Waals surface area contributed by atoms with Gasteiger partial charge in [0.25, 0.3) is 0 Å². The summed E-state index contributed by atoms with van der Waals surface area (Å²) in [4.78, 5) is 22.6. The number of hydrogen-bond donors (Lipinski definition) is 0. The van der Waals surface area contributed by atoms with Crippen LogP contribution >= 0.6 is 0 Å². The third-order valence-electron chi connectivity index (χ3n) is 7.97. The highest BCUT2D eigenvalue weighted by atomic mass is 19.1. The number of aromatic nitrogens is 1. The highest BCUT2D eigenvalue weighted by Crippen LogP contribution is 2.47. The molecule has 33 heavy (non-hydrogen) atoms. The van der Waals surface area contributed by atoms with Gasteiger partial charge in [-0.15, -0.1) is 0 Å². The third kappa shape index (κ3) is 4.41. The summed E-state index contributed by atoms with van der Waals surface area (Å²) in [6, 6.07) is 1.95. The van der Waals surface area contributed by atoms with Crippen LogP contribution < -0.4 is 4.90 Å². The highest BCUT2D eigenvalue weighted by Gasteiger charge is 2.51. The van der Waals surface area contributed by atoms with E-state index in [9.17, 15) is 9.18 Å². The highest BCUT2D eigenvalue weighted by molar-refractivity contribution is 5.69. The zero-order valence-corrected chi connectivity index (χ0v) is 19.4. The fourth-order valence-corrected chi connectivity index (χ4v) is 6.16. The molecule has 4 aliphatic rings. The van der Waals surface area contributed by atoms with Crippen molar-refractivity contribution in [3.63, 3.8) is 0 Å². The van der Waals surface area contributed by atoms with E-state index in [2.05, 4.69) is 14.8 Å².